The van der Waals surface area contributed by atoms with Crippen LogP contribution in [0.1, 0.15) is 46.0 Å². The molecule has 2 rings (SSSR count). The van der Waals surface area contributed by atoms with Gasteiger partial charge < -0.3 is 5.73 Å². The monoisotopic (exact) mass is 210 g/mol. The molecular weight excluding hydrogens is 184 g/mol. The highest BCUT2D eigenvalue weighted by molar-refractivity contribution is 4.88. The van der Waals surface area contributed by atoms with Crippen LogP contribution in [0.15, 0.2) is 0 Å². The fraction of sp³-hybridized carbons (Fsp3) is 1.00. The predicted molar refractivity (Wildman–Crippen MR) is 64.7 cm³/mol. The highest BCUT2D eigenvalue weighted by Crippen LogP contribution is 2.30. The molecule has 0 aromatic carbocycles. The van der Waals surface area contributed by atoms with Crippen LogP contribution in [0.2, 0.25) is 0 Å². The largest absolute Gasteiger partial charge is 0.327 e. The molecule has 2 heteroatoms. The van der Waals surface area contributed by atoms with Crippen LogP contribution in [-0.2, 0) is 0 Å². The molecule has 2 fully saturated rings. The Morgan fingerprint density at radius 2 is 1.80 bits per heavy atom. The van der Waals surface area contributed by atoms with Crippen molar-refractivity contribution in [3.8, 4) is 0 Å². The van der Waals surface area contributed by atoms with E-state index in [4.69, 9.17) is 5.73 Å². The van der Waals surface area contributed by atoms with Crippen molar-refractivity contribution in [2.75, 3.05) is 13.1 Å². The molecule has 0 amide bonds. The molecule has 1 aliphatic heterocycles. The molecule has 88 valence electrons. The average molecular weight is 210 g/mol. The van der Waals surface area contributed by atoms with E-state index in [0.29, 0.717) is 6.04 Å². The van der Waals surface area contributed by atoms with Gasteiger partial charge in [0.25, 0.3) is 0 Å². The third-order valence-electron chi connectivity index (χ3n) is 4.33. The lowest BCUT2D eigenvalue weighted by Crippen LogP contribution is -2.51. The van der Waals surface area contributed by atoms with Crippen molar-refractivity contribution in [1.82, 2.24) is 4.90 Å². The van der Waals surface area contributed by atoms with Crippen molar-refractivity contribution in [3.05, 3.63) is 0 Å². The molecule has 1 saturated carbocycles. The fourth-order valence-electron chi connectivity index (χ4n) is 3.27. The third-order valence-corrected chi connectivity index (χ3v) is 4.33. The van der Waals surface area contributed by atoms with Gasteiger partial charge in [-0.2, -0.15) is 0 Å². The highest BCUT2D eigenvalue weighted by atomic mass is 15.2. The fourth-order valence-corrected chi connectivity index (χ4v) is 3.27. The minimum absolute atomic E-state index is 0.423. The lowest BCUT2D eigenvalue weighted by Gasteiger charge is -2.41. The number of nitrogens with two attached hydrogens (primary N) is 1. The summed E-state index contributed by atoms with van der Waals surface area (Å²) in [6.07, 6.45) is 6.93. The summed E-state index contributed by atoms with van der Waals surface area (Å²) >= 11 is 0. The molecular formula is C13H26N2. The van der Waals surface area contributed by atoms with E-state index in [-0.39, 0.29) is 0 Å². The quantitative estimate of drug-likeness (QED) is 0.757. The van der Waals surface area contributed by atoms with Crippen LogP contribution in [-0.4, -0.2) is 30.1 Å². The van der Waals surface area contributed by atoms with Gasteiger partial charge in [-0.05, 0) is 31.1 Å². The van der Waals surface area contributed by atoms with E-state index in [1.165, 1.54) is 38.6 Å². The lowest BCUT2D eigenvalue weighted by atomic mass is 9.85. The number of piperidine rings is 1. The molecule has 0 aromatic heterocycles. The molecule has 2 N–H and O–H groups in total. The molecule has 0 aromatic rings. The maximum Gasteiger partial charge on any atom is 0.0171 e. The topological polar surface area (TPSA) is 29.3 Å². The van der Waals surface area contributed by atoms with E-state index < -0.39 is 0 Å². The second kappa shape index (κ2) is 4.84. The van der Waals surface area contributed by atoms with Gasteiger partial charge in [0, 0.05) is 25.2 Å². The van der Waals surface area contributed by atoms with E-state index in [9.17, 15) is 0 Å². The van der Waals surface area contributed by atoms with Gasteiger partial charge in [-0.15, -0.1) is 0 Å². The second-order valence-corrected chi connectivity index (χ2v) is 5.89. The first-order chi connectivity index (χ1) is 7.16. The van der Waals surface area contributed by atoms with Crippen molar-refractivity contribution in [1.29, 1.82) is 0 Å². The van der Waals surface area contributed by atoms with Crippen molar-refractivity contribution in [2.45, 2.75) is 58.0 Å². The Kier molecular flexibility index (Phi) is 3.68. The van der Waals surface area contributed by atoms with E-state index in [1.54, 1.807) is 0 Å². The van der Waals surface area contributed by atoms with Crippen LogP contribution in [0.4, 0.5) is 0 Å². The van der Waals surface area contributed by atoms with Gasteiger partial charge in [0.05, 0.1) is 0 Å². The molecule has 1 heterocycles. The van der Waals surface area contributed by atoms with Crippen molar-refractivity contribution < 1.29 is 0 Å². The Morgan fingerprint density at radius 1 is 1.13 bits per heavy atom. The van der Waals surface area contributed by atoms with E-state index in [2.05, 4.69) is 18.7 Å². The zero-order chi connectivity index (χ0) is 10.8. The standard InChI is InChI=1S/C13H26N2/c1-10(2)11-7-12(14)9-15(8-11)13-5-3-4-6-13/h10-13H,3-9,14H2,1-2H3. The zero-order valence-corrected chi connectivity index (χ0v) is 10.3. The molecule has 2 unspecified atom stereocenters. The Hall–Kier alpha value is -0.0800. The smallest absolute Gasteiger partial charge is 0.0171 e. The van der Waals surface area contributed by atoms with Gasteiger partial charge in [0.15, 0.2) is 0 Å². The van der Waals surface area contributed by atoms with Crippen LogP contribution in [0.5, 0.6) is 0 Å². The Bertz CT molecular complexity index is 197. The third kappa shape index (κ3) is 2.73. The lowest BCUT2D eigenvalue weighted by molar-refractivity contribution is 0.0909. The molecule has 0 spiro atoms. The van der Waals surface area contributed by atoms with Crippen LogP contribution in [0, 0.1) is 11.8 Å². The summed E-state index contributed by atoms with van der Waals surface area (Å²) in [4.78, 5) is 2.69. The maximum absolute atomic E-state index is 6.18. The Labute approximate surface area is 94.2 Å². The van der Waals surface area contributed by atoms with Crippen molar-refractivity contribution >= 4 is 0 Å². The van der Waals surface area contributed by atoms with Crippen LogP contribution >= 0.6 is 0 Å². The first-order valence-corrected chi connectivity index (χ1v) is 6.66. The number of likely N-dealkylation sites (tertiary alicyclic amines) is 1. The van der Waals surface area contributed by atoms with Crippen LogP contribution in [0.25, 0.3) is 0 Å². The summed E-state index contributed by atoms with van der Waals surface area (Å²) in [7, 11) is 0. The Morgan fingerprint density at radius 3 is 2.40 bits per heavy atom. The maximum atomic E-state index is 6.18. The minimum Gasteiger partial charge on any atom is -0.327 e. The van der Waals surface area contributed by atoms with E-state index in [1.807, 2.05) is 0 Å². The van der Waals surface area contributed by atoms with Crippen molar-refractivity contribution in [3.63, 3.8) is 0 Å². The van der Waals surface area contributed by atoms with E-state index in [0.717, 1.165) is 24.4 Å². The summed E-state index contributed by atoms with van der Waals surface area (Å²) in [5, 5.41) is 0. The van der Waals surface area contributed by atoms with Gasteiger partial charge in [0.1, 0.15) is 0 Å². The summed E-state index contributed by atoms with van der Waals surface area (Å²) < 4.78 is 0. The number of hydrogen-bond acceptors (Lipinski definition) is 2. The Balaban J connectivity index is 1.93. The summed E-state index contributed by atoms with van der Waals surface area (Å²) in [5.74, 6) is 1.62. The number of nitrogens with zero attached hydrogens (tertiary/aromatic N) is 1. The molecule has 2 atom stereocenters. The molecule has 2 nitrogen and oxygen atoms in total. The summed E-state index contributed by atoms with van der Waals surface area (Å²) in [6, 6.07) is 1.28. The first kappa shape index (κ1) is 11.4. The molecule has 0 radical (unpaired) electrons. The number of rotatable bonds is 2. The van der Waals surface area contributed by atoms with Gasteiger partial charge in [-0.1, -0.05) is 26.7 Å². The summed E-state index contributed by atoms with van der Waals surface area (Å²) in [6.45, 7) is 7.13. The molecule has 1 saturated heterocycles. The van der Waals surface area contributed by atoms with Gasteiger partial charge in [-0.25, -0.2) is 0 Å². The predicted octanol–water partition coefficient (Wildman–Crippen LogP) is 2.23. The average Bonchev–Trinajstić information content (AvgIpc) is 2.69. The normalized spacial score (nSPS) is 35.2. The second-order valence-electron chi connectivity index (χ2n) is 5.89. The van der Waals surface area contributed by atoms with Gasteiger partial charge in [-0.3, -0.25) is 4.90 Å². The van der Waals surface area contributed by atoms with Crippen LogP contribution < -0.4 is 5.73 Å². The molecule has 15 heavy (non-hydrogen) atoms. The summed E-state index contributed by atoms with van der Waals surface area (Å²) in [5.41, 5.74) is 6.18. The van der Waals surface area contributed by atoms with Crippen LogP contribution in [0.3, 0.4) is 0 Å². The molecule has 0 bridgehead atoms. The zero-order valence-electron chi connectivity index (χ0n) is 10.3. The number of hydrogen-bond donors (Lipinski definition) is 1. The highest BCUT2D eigenvalue weighted by Gasteiger charge is 2.31. The molecule has 1 aliphatic carbocycles. The van der Waals surface area contributed by atoms with Gasteiger partial charge >= 0.3 is 0 Å². The first-order valence-electron chi connectivity index (χ1n) is 6.66. The van der Waals surface area contributed by atoms with Gasteiger partial charge in [0.2, 0.25) is 0 Å². The van der Waals surface area contributed by atoms with E-state index >= 15 is 0 Å². The SMILES string of the molecule is CC(C)C1CC(N)CN(C2CCCC2)C1. The minimum atomic E-state index is 0.423. The van der Waals surface area contributed by atoms with Crippen molar-refractivity contribution in [2.24, 2.45) is 17.6 Å². The molecule has 2 aliphatic rings.